The van der Waals surface area contributed by atoms with Crippen molar-refractivity contribution in [2.75, 3.05) is 11.6 Å². The normalized spacial score (nSPS) is 11.6. The van der Waals surface area contributed by atoms with Gasteiger partial charge in [-0.05, 0) is 35.4 Å². The molecule has 0 aliphatic rings. The first-order chi connectivity index (χ1) is 11.8. The van der Waals surface area contributed by atoms with Crippen LogP contribution in [0.5, 0.6) is 0 Å². The maximum Gasteiger partial charge on any atom is 0.221 e. The number of carbonyl (C=O) groups excluding carboxylic acids is 1. The Morgan fingerprint density at radius 1 is 1.04 bits per heavy atom. The van der Waals surface area contributed by atoms with Crippen molar-refractivity contribution < 1.29 is 13.2 Å². The first kappa shape index (κ1) is 17.2. The van der Waals surface area contributed by atoms with Crippen LogP contribution in [0, 0.1) is 0 Å². The summed E-state index contributed by atoms with van der Waals surface area (Å²) in [6.45, 7) is 2.19. The molecule has 0 saturated heterocycles. The number of carbonyl (C=O) groups is 1. The average Bonchev–Trinajstić information content (AvgIpc) is 2.89. The van der Waals surface area contributed by atoms with Gasteiger partial charge in [0.2, 0.25) is 5.91 Å². The number of sulfone groups is 1. The molecule has 0 bridgehead atoms. The van der Waals surface area contributed by atoms with Gasteiger partial charge in [-0.3, -0.25) is 4.79 Å². The highest BCUT2D eigenvalue weighted by atomic mass is 32.2. The van der Waals surface area contributed by atoms with E-state index in [-0.39, 0.29) is 11.7 Å². The highest BCUT2D eigenvalue weighted by Gasteiger charge is 2.06. The fourth-order valence-corrected chi connectivity index (χ4v) is 3.66. The molecule has 0 saturated carbocycles. The van der Waals surface area contributed by atoms with E-state index in [2.05, 4.69) is 9.88 Å². The molecule has 0 aliphatic carbocycles. The zero-order chi connectivity index (χ0) is 18.0. The van der Waals surface area contributed by atoms with Crippen LogP contribution in [-0.2, 0) is 26.9 Å². The smallest absolute Gasteiger partial charge is 0.221 e. The van der Waals surface area contributed by atoms with Crippen molar-refractivity contribution in [1.29, 1.82) is 0 Å². The van der Waals surface area contributed by atoms with Crippen LogP contribution >= 0.6 is 0 Å². The minimum atomic E-state index is -3.02. The third-order valence-electron chi connectivity index (χ3n) is 3.90. The highest BCUT2D eigenvalue weighted by molar-refractivity contribution is 7.89. The van der Waals surface area contributed by atoms with E-state index >= 15 is 0 Å². The number of aromatic nitrogens is 1. The molecule has 0 fully saturated rings. The lowest BCUT2D eigenvalue weighted by molar-refractivity contribution is -0.114. The maximum absolute atomic E-state index is 11.4. The minimum Gasteiger partial charge on any atom is -0.343 e. The summed E-state index contributed by atoms with van der Waals surface area (Å²) in [5.74, 6) is -0.0287. The van der Waals surface area contributed by atoms with Crippen molar-refractivity contribution in [2.45, 2.75) is 19.2 Å². The first-order valence-electron chi connectivity index (χ1n) is 7.92. The van der Waals surface area contributed by atoms with E-state index in [0.717, 1.165) is 27.7 Å². The first-order valence-corrected chi connectivity index (χ1v) is 9.98. The SMILES string of the molecule is CC(=O)Nc1ccc2c(ccn2Cc2ccc(CS(C)(=O)=O)cc2)c1. The molecule has 130 valence electrons. The molecule has 2 aromatic carbocycles. The van der Waals surface area contributed by atoms with Crippen molar-refractivity contribution in [3.8, 4) is 0 Å². The van der Waals surface area contributed by atoms with E-state index in [1.807, 2.05) is 54.7 Å². The molecule has 1 aromatic heterocycles. The lowest BCUT2D eigenvalue weighted by Gasteiger charge is -2.08. The Morgan fingerprint density at radius 2 is 1.72 bits per heavy atom. The fraction of sp³-hybridized carbons (Fsp3) is 0.211. The summed E-state index contributed by atoms with van der Waals surface area (Å²) < 4.78 is 24.8. The van der Waals surface area contributed by atoms with Gasteiger partial charge in [0.05, 0.1) is 5.75 Å². The molecule has 1 amide bonds. The predicted octanol–water partition coefficient (Wildman–Crippen LogP) is 3.19. The second-order valence-electron chi connectivity index (χ2n) is 6.29. The molecule has 1 heterocycles. The van der Waals surface area contributed by atoms with Gasteiger partial charge in [0.1, 0.15) is 0 Å². The van der Waals surface area contributed by atoms with Gasteiger partial charge in [-0.15, -0.1) is 0 Å². The Bertz CT molecular complexity index is 1020. The molecule has 1 N–H and O–H groups in total. The van der Waals surface area contributed by atoms with Crippen molar-refractivity contribution in [3.63, 3.8) is 0 Å². The Labute approximate surface area is 147 Å². The predicted molar refractivity (Wildman–Crippen MR) is 100 cm³/mol. The number of amides is 1. The summed E-state index contributed by atoms with van der Waals surface area (Å²) in [5, 5.41) is 3.84. The number of hydrogen-bond acceptors (Lipinski definition) is 3. The van der Waals surface area contributed by atoms with Gasteiger partial charge in [-0.1, -0.05) is 24.3 Å². The average molecular weight is 356 g/mol. The molecule has 0 unspecified atom stereocenters. The highest BCUT2D eigenvalue weighted by Crippen LogP contribution is 2.22. The monoisotopic (exact) mass is 356 g/mol. The van der Waals surface area contributed by atoms with Crippen molar-refractivity contribution >= 4 is 32.3 Å². The molecular weight excluding hydrogens is 336 g/mol. The van der Waals surface area contributed by atoms with Crippen LogP contribution in [0.25, 0.3) is 10.9 Å². The topological polar surface area (TPSA) is 68.2 Å². The number of anilines is 1. The molecular formula is C19H20N2O3S. The lowest BCUT2D eigenvalue weighted by Crippen LogP contribution is -2.05. The number of fused-ring (bicyclic) bond motifs is 1. The van der Waals surface area contributed by atoms with Crippen LogP contribution in [0.4, 0.5) is 5.69 Å². The molecule has 0 aliphatic heterocycles. The van der Waals surface area contributed by atoms with E-state index in [4.69, 9.17) is 0 Å². The van der Waals surface area contributed by atoms with Crippen LogP contribution in [0.3, 0.4) is 0 Å². The quantitative estimate of drug-likeness (QED) is 0.763. The molecule has 0 radical (unpaired) electrons. The van der Waals surface area contributed by atoms with E-state index < -0.39 is 9.84 Å². The second kappa shape index (κ2) is 6.72. The van der Waals surface area contributed by atoms with Crippen molar-refractivity contribution in [3.05, 3.63) is 65.9 Å². The maximum atomic E-state index is 11.4. The summed E-state index contributed by atoms with van der Waals surface area (Å²) in [7, 11) is -3.02. The summed E-state index contributed by atoms with van der Waals surface area (Å²) in [5.41, 5.74) is 3.75. The summed E-state index contributed by atoms with van der Waals surface area (Å²) >= 11 is 0. The fourth-order valence-electron chi connectivity index (χ4n) is 2.86. The Hall–Kier alpha value is -2.60. The zero-order valence-electron chi connectivity index (χ0n) is 14.2. The zero-order valence-corrected chi connectivity index (χ0v) is 15.0. The summed E-state index contributed by atoms with van der Waals surface area (Å²) in [4.78, 5) is 11.2. The van der Waals surface area contributed by atoms with Crippen LogP contribution in [0.1, 0.15) is 18.1 Å². The number of nitrogens with one attached hydrogen (secondary N) is 1. The van der Waals surface area contributed by atoms with Crippen LogP contribution in [0.15, 0.2) is 54.7 Å². The van der Waals surface area contributed by atoms with Crippen LogP contribution < -0.4 is 5.32 Å². The molecule has 0 atom stereocenters. The van der Waals surface area contributed by atoms with E-state index in [0.29, 0.717) is 6.54 Å². The number of hydrogen-bond donors (Lipinski definition) is 1. The summed E-state index contributed by atoms with van der Waals surface area (Å²) in [6, 6.07) is 15.5. The van der Waals surface area contributed by atoms with E-state index in [1.54, 1.807) is 0 Å². The Morgan fingerprint density at radius 3 is 2.36 bits per heavy atom. The Kier molecular flexibility index (Phi) is 4.63. The van der Waals surface area contributed by atoms with Gasteiger partial charge in [-0.2, -0.15) is 0 Å². The molecule has 0 spiro atoms. The third-order valence-corrected chi connectivity index (χ3v) is 4.75. The van der Waals surface area contributed by atoms with E-state index in [9.17, 15) is 13.2 Å². The number of nitrogens with zero attached hydrogens (tertiary/aromatic N) is 1. The van der Waals surface area contributed by atoms with Gasteiger partial charge < -0.3 is 9.88 Å². The molecule has 5 nitrogen and oxygen atoms in total. The van der Waals surface area contributed by atoms with Crippen molar-refractivity contribution in [2.24, 2.45) is 0 Å². The summed E-state index contributed by atoms with van der Waals surface area (Å²) in [6.07, 6.45) is 3.24. The largest absolute Gasteiger partial charge is 0.343 e. The van der Waals surface area contributed by atoms with Gasteiger partial charge in [0, 0.05) is 42.5 Å². The molecule has 25 heavy (non-hydrogen) atoms. The van der Waals surface area contributed by atoms with Gasteiger partial charge in [-0.25, -0.2) is 8.42 Å². The van der Waals surface area contributed by atoms with Gasteiger partial charge >= 0.3 is 0 Å². The van der Waals surface area contributed by atoms with Gasteiger partial charge in [0.25, 0.3) is 0 Å². The third kappa shape index (κ3) is 4.48. The number of rotatable bonds is 5. The molecule has 3 rings (SSSR count). The minimum absolute atomic E-state index is 0.0612. The lowest BCUT2D eigenvalue weighted by atomic mass is 10.1. The van der Waals surface area contributed by atoms with E-state index in [1.165, 1.54) is 13.2 Å². The number of benzene rings is 2. The van der Waals surface area contributed by atoms with Crippen LogP contribution in [0.2, 0.25) is 0 Å². The molecule has 6 heteroatoms. The van der Waals surface area contributed by atoms with Crippen molar-refractivity contribution in [1.82, 2.24) is 4.57 Å². The Balaban J connectivity index is 1.80. The standard InChI is InChI=1S/C19H20N2O3S/c1-14(22)20-18-7-8-19-17(11-18)9-10-21(19)12-15-3-5-16(6-4-15)13-25(2,23)24/h3-11H,12-13H2,1-2H3,(H,20,22). The van der Waals surface area contributed by atoms with Gasteiger partial charge in [0.15, 0.2) is 9.84 Å². The molecule has 3 aromatic rings. The van der Waals surface area contributed by atoms with Crippen LogP contribution in [-0.4, -0.2) is 25.1 Å². The second-order valence-corrected chi connectivity index (χ2v) is 8.43.